The molecule has 130 valence electrons. The lowest BCUT2D eigenvalue weighted by molar-refractivity contribution is 0.207. The summed E-state index contributed by atoms with van der Waals surface area (Å²) in [6, 6.07) is 9.34. The van der Waals surface area contributed by atoms with Crippen LogP contribution in [0.4, 0.5) is 0 Å². The lowest BCUT2D eigenvalue weighted by Crippen LogP contribution is -2.23. The number of methoxy groups -OCH3 is 1. The number of rotatable bonds is 4. The van der Waals surface area contributed by atoms with Crippen LogP contribution in [-0.4, -0.2) is 23.7 Å². The van der Waals surface area contributed by atoms with Crippen LogP contribution in [0, 0.1) is 6.92 Å². The van der Waals surface area contributed by atoms with E-state index < -0.39 is 0 Å². The Balaban J connectivity index is 1.69. The number of ether oxygens (including phenoxy) is 1. The van der Waals surface area contributed by atoms with Crippen molar-refractivity contribution < 1.29 is 13.7 Å². The van der Waals surface area contributed by atoms with Crippen LogP contribution in [0.5, 0.6) is 5.75 Å². The summed E-state index contributed by atoms with van der Waals surface area (Å²) in [5.41, 5.74) is 2.05. The predicted molar refractivity (Wildman–Crippen MR) is 92.7 cm³/mol. The van der Waals surface area contributed by atoms with Crippen LogP contribution in [-0.2, 0) is 6.54 Å². The lowest BCUT2D eigenvalue weighted by atomic mass is 10.1. The van der Waals surface area contributed by atoms with Crippen LogP contribution in [0.1, 0.15) is 35.9 Å². The third-order valence-electron chi connectivity index (χ3n) is 4.75. The first-order valence-electron chi connectivity index (χ1n) is 8.42. The smallest absolute Gasteiger partial charge is 0.336 e. The number of fused-ring (bicyclic) bond motifs is 1. The molecular formula is C19H20N2O4. The molecule has 0 aliphatic carbocycles. The van der Waals surface area contributed by atoms with Gasteiger partial charge >= 0.3 is 5.63 Å². The molecule has 3 heterocycles. The summed E-state index contributed by atoms with van der Waals surface area (Å²) in [7, 11) is 1.59. The first-order chi connectivity index (χ1) is 12.1. The quantitative estimate of drug-likeness (QED) is 0.678. The average Bonchev–Trinajstić information content (AvgIpc) is 3.22. The minimum absolute atomic E-state index is 0.196. The highest BCUT2D eigenvalue weighted by molar-refractivity contribution is 5.81. The number of aryl methyl sites for hydroxylation is 1. The monoisotopic (exact) mass is 340 g/mol. The molecule has 0 saturated carbocycles. The van der Waals surface area contributed by atoms with Crippen molar-refractivity contribution in [2.75, 3.05) is 13.7 Å². The zero-order valence-electron chi connectivity index (χ0n) is 14.3. The number of hydrogen-bond acceptors (Lipinski definition) is 6. The highest BCUT2D eigenvalue weighted by Crippen LogP contribution is 2.34. The molecular weight excluding hydrogens is 320 g/mol. The number of aromatic nitrogens is 1. The third kappa shape index (κ3) is 3.05. The van der Waals surface area contributed by atoms with Gasteiger partial charge in [0.1, 0.15) is 11.3 Å². The second kappa shape index (κ2) is 6.37. The second-order valence-corrected chi connectivity index (χ2v) is 6.45. The molecule has 1 fully saturated rings. The SMILES string of the molecule is COc1ccc2c(CN3CCC[C@H]3c3cc(C)no3)cc(=O)oc2c1. The maximum Gasteiger partial charge on any atom is 0.336 e. The van der Waals surface area contributed by atoms with Crippen LogP contribution >= 0.6 is 0 Å². The van der Waals surface area contributed by atoms with E-state index in [2.05, 4.69) is 10.1 Å². The molecule has 1 atom stereocenters. The maximum absolute atomic E-state index is 12.0. The molecule has 0 amide bonds. The summed E-state index contributed by atoms with van der Waals surface area (Å²) in [6.45, 7) is 3.55. The fourth-order valence-corrected chi connectivity index (χ4v) is 3.56. The van der Waals surface area contributed by atoms with Gasteiger partial charge in [-0.1, -0.05) is 5.16 Å². The Bertz CT molecular complexity index is 959. The van der Waals surface area contributed by atoms with Crippen LogP contribution < -0.4 is 10.4 Å². The van der Waals surface area contributed by atoms with Gasteiger partial charge in [-0.3, -0.25) is 4.90 Å². The van der Waals surface area contributed by atoms with Crippen LogP contribution in [0.3, 0.4) is 0 Å². The van der Waals surface area contributed by atoms with E-state index in [-0.39, 0.29) is 11.7 Å². The Labute approximate surface area is 145 Å². The van der Waals surface area contributed by atoms with E-state index in [1.165, 1.54) is 0 Å². The Morgan fingerprint density at radius 2 is 2.20 bits per heavy atom. The van der Waals surface area contributed by atoms with Crippen LogP contribution in [0.25, 0.3) is 11.0 Å². The van der Waals surface area contributed by atoms with Gasteiger partial charge in [0.05, 0.1) is 18.8 Å². The standard InChI is InChI=1S/C19H20N2O4/c1-12-8-18(25-20-12)16-4-3-7-21(16)11-13-9-19(22)24-17-10-14(23-2)5-6-15(13)17/h5-6,8-10,16H,3-4,7,11H2,1-2H3/t16-/m0/s1. The molecule has 3 aromatic rings. The van der Waals surface area contributed by atoms with Crippen molar-refractivity contribution in [1.82, 2.24) is 10.1 Å². The summed E-state index contributed by atoms with van der Waals surface area (Å²) in [5.74, 6) is 1.56. The van der Waals surface area contributed by atoms with E-state index in [0.717, 1.165) is 41.8 Å². The molecule has 2 aromatic heterocycles. The number of likely N-dealkylation sites (tertiary alicyclic amines) is 1. The fraction of sp³-hybridized carbons (Fsp3) is 0.368. The van der Waals surface area contributed by atoms with E-state index in [1.54, 1.807) is 19.2 Å². The molecule has 0 bridgehead atoms. The third-order valence-corrected chi connectivity index (χ3v) is 4.75. The summed E-state index contributed by atoms with van der Waals surface area (Å²) in [5, 5.41) is 4.94. The summed E-state index contributed by atoms with van der Waals surface area (Å²) >= 11 is 0. The summed E-state index contributed by atoms with van der Waals surface area (Å²) in [4.78, 5) is 14.3. The van der Waals surface area contributed by atoms with Gasteiger partial charge in [-0.25, -0.2) is 4.79 Å². The van der Waals surface area contributed by atoms with E-state index >= 15 is 0 Å². The molecule has 0 unspecified atom stereocenters. The summed E-state index contributed by atoms with van der Waals surface area (Å²) < 4.78 is 16.0. The maximum atomic E-state index is 12.0. The van der Waals surface area contributed by atoms with Gasteiger partial charge in [0.25, 0.3) is 0 Å². The van der Waals surface area contributed by atoms with Gasteiger partial charge in [-0.15, -0.1) is 0 Å². The van der Waals surface area contributed by atoms with E-state index in [4.69, 9.17) is 13.7 Å². The molecule has 1 aliphatic heterocycles. The molecule has 4 rings (SSSR count). The van der Waals surface area contributed by atoms with Crippen molar-refractivity contribution in [2.24, 2.45) is 0 Å². The van der Waals surface area contributed by atoms with Crippen molar-refractivity contribution >= 4 is 11.0 Å². The molecule has 6 heteroatoms. The Kier molecular flexibility index (Phi) is 4.05. The number of benzene rings is 1. The van der Waals surface area contributed by atoms with Gasteiger partial charge < -0.3 is 13.7 Å². The van der Waals surface area contributed by atoms with Gasteiger partial charge in [0, 0.05) is 30.1 Å². The summed E-state index contributed by atoms with van der Waals surface area (Å²) in [6.07, 6.45) is 2.12. The topological polar surface area (TPSA) is 68.7 Å². The van der Waals surface area contributed by atoms with E-state index in [0.29, 0.717) is 17.9 Å². The zero-order valence-corrected chi connectivity index (χ0v) is 14.3. The van der Waals surface area contributed by atoms with Crippen LogP contribution in [0.15, 0.2) is 44.1 Å². The lowest BCUT2D eigenvalue weighted by Gasteiger charge is -2.22. The van der Waals surface area contributed by atoms with Gasteiger partial charge in [-0.05, 0) is 44.0 Å². The Morgan fingerprint density at radius 3 is 2.96 bits per heavy atom. The molecule has 1 aliphatic rings. The molecule has 0 N–H and O–H groups in total. The fourth-order valence-electron chi connectivity index (χ4n) is 3.56. The predicted octanol–water partition coefficient (Wildman–Crippen LogP) is 3.44. The molecule has 0 spiro atoms. The largest absolute Gasteiger partial charge is 0.497 e. The first kappa shape index (κ1) is 15.9. The highest BCUT2D eigenvalue weighted by atomic mass is 16.5. The molecule has 1 saturated heterocycles. The molecule has 0 radical (unpaired) electrons. The number of nitrogens with zero attached hydrogens (tertiary/aromatic N) is 2. The normalized spacial score (nSPS) is 18.1. The molecule has 1 aromatic carbocycles. The zero-order chi connectivity index (χ0) is 17.4. The van der Waals surface area contributed by atoms with Crippen molar-refractivity contribution in [3.8, 4) is 5.75 Å². The van der Waals surface area contributed by atoms with Gasteiger partial charge in [0.15, 0.2) is 5.76 Å². The van der Waals surface area contributed by atoms with Crippen molar-refractivity contribution in [3.63, 3.8) is 0 Å². The minimum Gasteiger partial charge on any atom is -0.497 e. The molecule has 25 heavy (non-hydrogen) atoms. The number of hydrogen-bond donors (Lipinski definition) is 0. The highest BCUT2D eigenvalue weighted by Gasteiger charge is 2.29. The van der Waals surface area contributed by atoms with E-state index in [9.17, 15) is 4.79 Å². The Hall–Kier alpha value is -2.60. The van der Waals surface area contributed by atoms with Crippen molar-refractivity contribution in [1.29, 1.82) is 0 Å². The van der Waals surface area contributed by atoms with Crippen LogP contribution in [0.2, 0.25) is 0 Å². The first-order valence-corrected chi connectivity index (χ1v) is 8.42. The average molecular weight is 340 g/mol. The van der Waals surface area contributed by atoms with Gasteiger partial charge in [-0.2, -0.15) is 0 Å². The molecule has 6 nitrogen and oxygen atoms in total. The minimum atomic E-state index is -0.345. The second-order valence-electron chi connectivity index (χ2n) is 6.45. The Morgan fingerprint density at radius 1 is 1.32 bits per heavy atom. The van der Waals surface area contributed by atoms with Crippen molar-refractivity contribution in [3.05, 3.63) is 57.8 Å². The van der Waals surface area contributed by atoms with E-state index in [1.807, 2.05) is 25.1 Å². The van der Waals surface area contributed by atoms with Gasteiger partial charge in [0.2, 0.25) is 0 Å². The van der Waals surface area contributed by atoms with Crippen molar-refractivity contribution in [2.45, 2.75) is 32.4 Å².